The van der Waals surface area contributed by atoms with Crippen molar-refractivity contribution < 1.29 is 19.1 Å². The average molecular weight is 223 g/mol. The highest BCUT2D eigenvalue weighted by molar-refractivity contribution is 5.94. The van der Waals surface area contributed by atoms with Gasteiger partial charge in [0.1, 0.15) is 11.3 Å². The number of hydrogen-bond acceptors (Lipinski definition) is 5. The van der Waals surface area contributed by atoms with Gasteiger partial charge in [-0.05, 0) is 12.1 Å². The predicted molar refractivity (Wildman–Crippen MR) is 58.1 cm³/mol. The average Bonchev–Trinajstić information content (AvgIpc) is 2.28. The summed E-state index contributed by atoms with van der Waals surface area (Å²) in [4.78, 5) is 22.5. The molecular weight excluding hydrogens is 210 g/mol. The van der Waals surface area contributed by atoms with Gasteiger partial charge < -0.3 is 15.2 Å². The van der Waals surface area contributed by atoms with E-state index in [-0.39, 0.29) is 17.7 Å². The van der Waals surface area contributed by atoms with Gasteiger partial charge in [0.25, 0.3) is 0 Å². The topological polar surface area (TPSA) is 78.6 Å². The molecule has 0 aliphatic carbocycles. The molecule has 0 spiro atoms. The molecule has 0 bridgehead atoms. The van der Waals surface area contributed by atoms with E-state index >= 15 is 0 Å². The minimum Gasteiger partial charge on any atom is -0.465 e. The largest absolute Gasteiger partial charge is 0.465 e. The molecule has 1 rings (SSSR count). The van der Waals surface area contributed by atoms with Gasteiger partial charge in [-0.15, -0.1) is 0 Å². The standard InChI is InChI=1S/C11H13NO4/c1-3-10(13)16-9-6-7(12)4-5-8(9)11(14)15-2/h4-6H,3,12H2,1-2H3. The number of methoxy groups -OCH3 is 1. The Morgan fingerprint density at radius 2 is 2.06 bits per heavy atom. The van der Waals surface area contributed by atoms with Crippen LogP contribution < -0.4 is 10.5 Å². The zero-order valence-corrected chi connectivity index (χ0v) is 9.15. The van der Waals surface area contributed by atoms with Gasteiger partial charge in [-0.1, -0.05) is 6.92 Å². The third-order valence-corrected chi connectivity index (χ3v) is 1.92. The van der Waals surface area contributed by atoms with Crippen LogP contribution in [0.15, 0.2) is 18.2 Å². The highest BCUT2D eigenvalue weighted by Gasteiger charge is 2.15. The van der Waals surface area contributed by atoms with Crippen LogP contribution in [0, 0.1) is 0 Å². The number of nitrogen functional groups attached to an aromatic ring is 1. The lowest BCUT2D eigenvalue weighted by molar-refractivity contribution is -0.134. The summed E-state index contributed by atoms with van der Waals surface area (Å²) in [5, 5.41) is 0. The molecule has 1 aromatic rings. The molecule has 1 aromatic carbocycles. The molecule has 0 heterocycles. The Hall–Kier alpha value is -2.04. The molecular formula is C11H13NO4. The summed E-state index contributed by atoms with van der Waals surface area (Å²) in [6.07, 6.45) is 0.218. The van der Waals surface area contributed by atoms with Crippen LogP contribution in [0.1, 0.15) is 23.7 Å². The van der Waals surface area contributed by atoms with Crippen molar-refractivity contribution in [3.05, 3.63) is 23.8 Å². The van der Waals surface area contributed by atoms with Crippen LogP contribution in [0.4, 0.5) is 5.69 Å². The third-order valence-electron chi connectivity index (χ3n) is 1.92. The Labute approximate surface area is 93.1 Å². The number of nitrogens with two attached hydrogens (primary N) is 1. The van der Waals surface area contributed by atoms with Crippen LogP contribution in [0.25, 0.3) is 0 Å². The van der Waals surface area contributed by atoms with Crippen LogP contribution in [-0.2, 0) is 9.53 Å². The highest BCUT2D eigenvalue weighted by atomic mass is 16.5. The number of hydrogen-bond donors (Lipinski definition) is 1. The Bertz CT molecular complexity index is 414. The fourth-order valence-electron chi connectivity index (χ4n) is 1.10. The van der Waals surface area contributed by atoms with Crippen molar-refractivity contribution >= 4 is 17.6 Å². The summed E-state index contributed by atoms with van der Waals surface area (Å²) in [5.74, 6) is -0.881. The van der Waals surface area contributed by atoms with E-state index in [2.05, 4.69) is 4.74 Å². The van der Waals surface area contributed by atoms with E-state index in [4.69, 9.17) is 10.5 Å². The zero-order valence-electron chi connectivity index (χ0n) is 9.15. The molecule has 0 aliphatic rings. The van der Waals surface area contributed by atoms with Gasteiger partial charge in [0.2, 0.25) is 0 Å². The highest BCUT2D eigenvalue weighted by Crippen LogP contribution is 2.23. The van der Waals surface area contributed by atoms with Crippen molar-refractivity contribution in [1.29, 1.82) is 0 Å². The lowest BCUT2D eigenvalue weighted by Gasteiger charge is -2.08. The maximum absolute atomic E-state index is 11.4. The number of benzene rings is 1. The number of carbonyl (C=O) groups excluding carboxylic acids is 2. The molecule has 0 aliphatic heterocycles. The first-order valence-corrected chi connectivity index (χ1v) is 4.77. The molecule has 0 atom stereocenters. The SMILES string of the molecule is CCC(=O)Oc1cc(N)ccc1C(=O)OC. The Morgan fingerprint density at radius 3 is 2.62 bits per heavy atom. The molecule has 0 saturated carbocycles. The second-order valence-electron chi connectivity index (χ2n) is 3.07. The third kappa shape index (κ3) is 2.73. The predicted octanol–water partition coefficient (Wildman–Crippen LogP) is 1.37. The Balaban J connectivity index is 3.08. The summed E-state index contributed by atoms with van der Waals surface area (Å²) in [5.41, 5.74) is 6.13. The van der Waals surface area contributed by atoms with E-state index in [0.717, 1.165) is 0 Å². The van der Waals surface area contributed by atoms with E-state index in [9.17, 15) is 9.59 Å². The molecule has 86 valence electrons. The van der Waals surface area contributed by atoms with E-state index in [0.29, 0.717) is 5.69 Å². The summed E-state index contributed by atoms with van der Waals surface area (Å²) < 4.78 is 9.54. The van der Waals surface area contributed by atoms with Gasteiger partial charge in [-0.25, -0.2) is 4.79 Å². The van der Waals surface area contributed by atoms with E-state index < -0.39 is 11.9 Å². The van der Waals surface area contributed by atoms with E-state index in [1.54, 1.807) is 6.92 Å². The summed E-state index contributed by atoms with van der Waals surface area (Å²) in [6, 6.07) is 4.41. The molecule has 0 fully saturated rings. The first-order chi connectivity index (χ1) is 7.58. The summed E-state index contributed by atoms with van der Waals surface area (Å²) >= 11 is 0. The van der Waals surface area contributed by atoms with Gasteiger partial charge in [0, 0.05) is 18.2 Å². The van der Waals surface area contributed by atoms with Crippen molar-refractivity contribution in [3.8, 4) is 5.75 Å². The van der Waals surface area contributed by atoms with Gasteiger partial charge in [-0.2, -0.15) is 0 Å². The van der Waals surface area contributed by atoms with Crippen LogP contribution in [0.3, 0.4) is 0 Å². The molecule has 0 amide bonds. The van der Waals surface area contributed by atoms with Gasteiger partial charge in [0.15, 0.2) is 0 Å². The lowest BCUT2D eigenvalue weighted by atomic mass is 10.2. The smallest absolute Gasteiger partial charge is 0.341 e. The minimum atomic E-state index is -0.570. The van der Waals surface area contributed by atoms with Crippen molar-refractivity contribution in [1.82, 2.24) is 0 Å². The van der Waals surface area contributed by atoms with Crippen LogP contribution in [-0.4, -0.2) is 19.0 Å². The Kier molecular flexibility index (Phi) is 3.88. The molecule has 0 unspecified atom stereocenters. The maximum Gasteiger partial charge on any atom is 0.341 e. The lowest BCUT2D eigenvalue weighted by Crippen LogP contribution is -2.11. The molecule has 0 radical (unpaired) electrons. The first kappa shape index (κ1) is 12.0. The fourth-order valence-corrected chi connectivity index (χ4v) is 1.10. The normalized spacial score (nSPS) is 9.62. The van der Waals surface area contributed by atoms with Crippen molar-refractivity contribution in [2.75, 3.05) is 12.8 Å². The zero-order chi connectivity index (χ0) is 12.1. The maximum atomic E-state index is 11.4. The quantitative estimate of drug-likeness (QED) is 0.475. The monoisotopic (exact) mass is 223 g/mol. The van der Waals surface area contributed by atoms with E-state index in [1.165, 1.54) is 25.3 Å². The van der Waals surface area contributed by atoms with Crippen molar-refractivity contribution in [2.24, 2.45) is 0 Å². The molecule has 16 heavy (non-hydrogen) atoms. The number of esters is 2. The number of rotatable bonds is 3. The fraction of sp³-hybridized carbons (Fsp3) is 0.273. The molecule has 2 N–H and O–H groups in total. The van der Waals surface area contributed by atoms with E-state index in [1.807, 2.05) is 0 Å². The number of carbonyl (C=O) groups is 2. The van der Waals surface area contributed by atoms with Crippen LogP contribution in [0.2, 0.25) is 0 Å². The minimum absolute atomic E-state index is 0.124. The second kappa shape index (κ2) is 5.16. The molecule has 5 nitrogen and oxygen atoms in total. The van der Waals surface area contributed by atoms with Crippen molar-refractivity contribution in [3.63, 3.8) is 0 Å². The molecule has 0 saturated heterocycles. The Morgan fingerprint density at radius 1 is 1.38 bits per heavy atom. The van der Waals surface area contributed by atoms with Crippen LogP contribution in [0.5, 0.6) is 5.75 Å². The van der Waals surface area contributed by atoms with Crippen LogP contribution >= 0.6 is 0 Å². The van der Waals surface area contributed by atoms with Gasteiger partial charge in [-0.3, -0.25) is 4.79 Å². The first-order valence-electron chi connectivity index (χ1n) is 4.77. The molecule has 5 heteroatoms. The number of ether oxygens (including phenoxy) is 2. The number of anilines is 1. The second-order valence-corrected chi connectivity index (χ2v) is 3.07. The van der Waals surface area contributed by atoms with Crippen molar-refractivity contribution in [2.45, 2.75) is 13.3 Å². The van der Waals surface area contributed by atoms with Gasteiger partial charge >= 0.3 is 11.9 Å². The summed E-state index contributed by atoms with van der Waals surface area (Å²) in [7, 11) is 1.25. The summed E-state index contributed by atoms with van der Waals surface area (Å²) in [6.45, 7) is 1.66. The van der Waals surface area contributed by atoms with Gasteiger partial charge in [0.05, 0.1) is 7.11 Å². The molecule has 0 aromatic heterocycles.